The van der Waals surface area contributed by atoms with Crippen molar-refractivity contribution in [3.8, 4) is 0 Å². The maximum Gasteiger partial charge on any atom is 0.0674 e. The minimum absolute atomic E-state index is 0.284. The van der Waals surface area contributed by atoms with Gasteiger partial charge in [0.15, 0.2) is 0 Å². The average molecular weight is 286 g/mol. The predicted molar refractivity (Wildman–Crippen MR) is 79.1 cm³/mol. The molecule has 20 heavy (non-hydrogen) atoms. The first-order valence-corrected chi connectivity index (χ1v) is 7.92. The zero-order valence-corrected chi connectivity index (χ0v) is 13.2. The summed E-state index contributed by atoms with van der Waals surface area (Å²) in [6, 6.07) is 1.02. The molecule has 0 aromatic carbocycles. The molecule has 5 nitrogen and oxygen atoms in total. The molecule has 0 amide bonds. The minimum Gasteiger partial charge on any atom is -0.379 e. The topological polar surface area (TPSA) is 34.2 Å². The number of hydrogen-bond donors (Lipinski definition) is 0. The van der Waals surface area contributed by atoms with Crippen LogP contribution in [0.15, 0.2) is 0 Å². The maximum atomic E-state index is 5.98. The van der Waals surface area contributed by atoms with Gasteiger partial charge in [0.05, 0.1) is 39.1 Å². The van der Waals surface area contributed by atoms with Gasteiger partial charge < -0.3 is 14.2 Å². The average Bonchev–Trinajstić information content (AvgIpc) is 2.43. The van der Waals surface area contributed by atoms with Crippen molar-refractivity contribution in [1.29, 1.82) is 0 Å². The van der Waals surface area contributed by atoms with Crippen LogP contribution in [0.1, 0.15) is 20.8 Å². The normalized spacial score (nSPS) is 31.4. The van der Waals surface area contributed by atoms with Gasteiger partial charge in [-0.15, -0.1) is 0 Å². The summed E-state index contributed by atoms with van der Waals surface area (Å²) in [5.41, 5.74) is 0. The van der Waals surface area contributed by atoms with Crippen LogP contribution >= 0.6 is 0 Å². The van der Waals surface area contributed by atoms with Gasteiger partial charge in [-0.2, -0.15) is 0 Å². The zero-order chi connectivity index (χ0) is 14.4. The lowest BCUT2D eigenvalue weighted by atomic mass is 10.2. The summed E-state index contributed by atoms with van der Waals surface area (Å²) in [5, 5.41) is 0. The van der Waals surface area contributed by atoms with E-state index in [2.05, 4.69) is 30.6 Å². The molecule has 2 aliphatic heterocycles. The van der Waals surface area contributed by atoms with E-state index >= 15 is 0 Å². The van der Waals surface area contributed by atoms with Crippen molar-refractivity contribution in [1.82, 2.24) is 9.80 Å². The molecule has 2 aliphatic rings. The maximum absolute atomic E-state index is 5.98. The monoisotopic (exact) mass is 286 g/mol. The highest BCUT2D eigenvalue weighted by Gasteiger charge is 2.21. The van der Waals surface area contributed by atoms with E-state index in [1.807, 2.05) is 0 Å². The quantitative estimate of drug-likeness (QED) is 0.722. The van der Waals surface area contributed by atoms with Crippen LogP contribution < -0.4 is 0 Å². The van der Waals surface area contributed by atoms with Gasteiger partial charge in [0.1, 0.15) is 0 Å². The number of ether oxygens (including phenoxy) is 3. The van der Waals surface area contributed by atoms with Crippen LogP contribution in [0.3, 0.4) is 0 Å². The molecule has 0 spiro atoms. The van der Waals surface area contributed by atoms with E-state index < -0.39 is 0 Å². The van der Waals surface area contributed by atoms with Crippen LogP contribution in [0.5, 0.6) is 0 Å². The molecule has 0 aromatic heterocycles. The summed E-state index contributed by atoms with van der Waals surface area (Å²) < 4.78 is 16.9. The lowest BCUT2D eigenvalue weighted by Crippen LogP contribution is -2.47. The lowest BCUT2D eigenvalue weighted by molar-refractivity contribution is -0.0464. The Balaban J connectivity index is 1.60. The fourth-order valence-corrected chi connectivity index (χ4v) is 2.88. The Morgan fingerprint density at radius 1 is 1.05 bits per heavy atom. The highest BCUT2D eigenvalue weighted by atomic mass is 16.5. The summed E-state index contributed by atoms with van der Waals surface area (Å²) in [6.07, 6.45) is 0.284. The molecule has 2 heterocycles. The Bertz CT molecular complexity index is 278. The first kappa shape index (κ1) is 16.2. The second kappa shape index (κ2) is 8.29. The van der Waals surface area contributed by atoms with Gasteiger partial charge in [-0.05, 0) is 20.8 Å². The van der Waals surface area contributed by atoms with E-state index in [0.29, 0.717) is 12.1 Å². The lowest BCUT2D eigenvalue weighted by Gasteiger charge is -2.35. The van der Waals surface area contributed by atoms with Crippen molar-refractivity contribution < 1.29 is 14.2 Å². The molecule has 0 aromatic rings. The largest absolute Gasteiger partial charge is 0.379 e. The summed E-state index contributed by atoms with van der Waals surface area (Å²) in [7, 11) is 0. The molecule has 0 bridgehead atoms. The van der Waals surface area contributed by atoms with Crippen LogP contribution in [0.2, 0.25) is 0 Å². The molecule has 3 atom stereocenters. The van der Waals surface area contributed by atoms with Crippen molar-refractivity contribution in [2.45, 2.75) is 39.0 Å². The Morgan fingerprint density at radius 3 is 2.25 bits per heavy atom. The second-order valence-electron chi connectivity index (χ2n) is 6.06. The van der Waals surface area contributed by atoms with Crippen molar-refractivity contribution in [2.24, 2.45) is 0 Å². The van der Waals surface area contributed by atoms with Crippen LogP contribution in [0.25, 0.3) is 0 Å². The van der Waals surface area contributed by atoms with E-state index in [9.17, 15) is 0 Å². The second-order valence-corrected chi connectivity index (χ2v) is 6.06. The highest BCUT2D eigenvalue weighted by Crippen LogP contribution is 2.09. The van der Waals surface area contributed by atoms with Crippen molar-refractivity contribution >= 4 is 0 Å². The van der Waals surface area contributed by atoms with Crippen molar-refractivity contribution in [3.63, 3.8) is 0 Å². The van der Waals surface area contributed by atoms with Crippen molar-refractivity contribution in [2.75, 3.05) is 59.2 Å². The van der Waals surface area contributed by atoms with Crippen molar-refractivity contribution in [3.05, 3.63) is 0 Å². The highest BCUT2D eigenvalue weighted by molar-refractivity contribution is 4.74. The number of nitrogens with zero attached hydrogens (tertiary/aromatic N) is 2. The van der Waals surface area contributed by atoms with Crippen LogP contribution in [0.4, 0.5) is 0 Å². The Kier molecular flexibility index (Phi) is 6.71. The third-order valence-corrected chi connectivity index (χ3v) is 4.28. The molecule has 0 N–H and O–H groups in total. The fourth-order valence-electron chi connectivity index (χ4n) is 2.88. The first-order valence-electron chi connectivity index (χ1n) is 7.92. The molecular weight excluding hydrogens is 256 g/mol. The molecule has 0 aliphatic carbocycles. The predicted octanol–water partition coefficient (Wildman–Crippen LogP) is 0.833. The van der Waals surface area contributed by atoms with Crippen LogP contribution in [-0.4, -0.2) is 87.2 Å². The third kappa shape index (κ3) is 4.97. The smallest absolute Gasteiger partial charge is 0.0674 e. The van der Waals surface area contributed by atoms with Crippen LogP contribution in [0, 0.1) is 0 Å². The van der Waals surface area contributed by atoms with E-state index in [4.69, 9.17) is 14.2 Å². The van der Waals surface area contributed by atoms with Gasteiger partial charge >= 0.3 is 0 Å². The molecular formula is C15H30N2O3. The molecule has 2 fully saturated rings. The van der Waals surface area contributed by atoms with Gasteiger partial charge in [-0.3, -0.25) is 9.80 Å². The number of hydrogen-bond acceptors (Lipinski definition) is 5. The van der Waals surface area contributed by atoms with E-state index in [-0.39, 0.29) is 6.10 Å². The minimum atomic E-state index is 0.284. The standard InChI is InChI=1S/C15H30N2O3/c1-13-11-18-7-4-16(13)6-9-20-15(3)10-17-5-8-19-12-14(17)2/h13-15H,4-12H2,1-3H3. The summed E-state index contributed by atoms with van der Waals surface area (Å²) in [4.78, 5) is 4.92. The van der Waals surface area contributed by atoms with E-state index in [0.717, 1.165) is 59.2 Å². The number of rotatable bonds is 6. The van der Waals surface area contributed by atoms with Gasteiger partial charge in [0.2, 0.25) is 0 Å². The third-order valence-electron chi connectivity index (χ3n) is 4.28. The molecule has 3 unspecified atom stereocenters. The molecule has 118 valence electrons. The Hall–Kier alpha value is -0.200. The van der Waals surface area contributed by atoms with E-state index in [1.54, 1.807) is 0 Å². The summed E-state index contributed by atoms with van der Waals surface area (Å²) in [6.45, 7) is 14.9. The molecule has 2 saturated heterocycles. The van der Waals surface area contributed by atoms with Gasteiger partial charge in [0, 0.05) is 38.3 Å². The van der Waals surface area contributed by atoms with Crippen LogP contribution in [-0.2, 0) is 14.2 Å². The molecule has 5 heteroatoms. The first-order chi connectivity index (χ1) is 9.66. The Morgan fingerprint density at radius 2 is 1.65 bits per heavy atom. The zero-order valence-electron chi connectivity index (χ0n) is 13.2. The van der Waals surface area contributed by atoms with Gasteiger partial charge in [-0.1, -0.05) is 0 Å². The van der Waals surface area contributed by atoms with E-state index in [1.165, 1.54) is 0 Å². The summed E-state index contributed by atoms with van der Waals surface area (Å²) >= 11 is 0. The number of morpholine rings is 2. The SMILES string of the molecule is CC(CN1CCOCC1C)OCCN1CCOCC1C. The fraction of sp³-hybridized carbons (Fsp3) is 1.00. The van der Waals surface area contributed by atoms with Gasteiger partial charge in [-0.25, -0.2) is 0 Å². The van der Waals surface area contributed by atoms with Gasteiger partial charge in [0.25, 0.3) is 0 Å². The molecule has 0 radical (unpaired) electrons. The molecule has 2 rings (SSSR count). The molecule has 0 saturated carbocycles. The Labute approximate surface area is 123 Å². The summed E-state index contributed by atoms with van der Waals surface area (Å²) in [5.74, 6) is 0.